The smallest absolute Gasteiger partial charge is 0.248 e. The van der Waals surface area contributed by atoms with Crippen LogP contribution in [0.2, 0.25) is 0 Å². The molecule has 4 nitrogen and oxygen atoms in total. The number of carbonyl (C=O) groups is 1. The molecule has 1 rings (SSSR count). The van der Waals surface area contributed by atoms with Crippen molar-refractivity contribution in [1.82, 2.24) is 4.90 Å². The van der Waals surface area contributed by atoms with E-state index in [1.54, 1.807) is 4.90 Å². The molecular formula is C11H20N2O2S. The van der Waals surface area contributed by atoms with Crippen molar-refractivity contribution in [2.75, 3.05) is 19.7 Å². The fourth-order valence-electron chi connectivity index (χ4n) is 1.77. The molecule has 1 atom stereocenters. The van der Waals surface area contributed by atoms with Gasteiger partial charge in [-0.25, -0.2) is 0 Å². The topological polar surface area (TPSA) is 55.6 Å². The maximum absolute atomic E-state index is 11.8. The summed E-state index contributed by atoms with van der Waals surface area (Å²) in [4.78, 5) is 14.1. The third kappa shape index (κ3) is 4.06. The van der Waals surface area contributed by atoms with Crippen molar-refractivity contribution in [3.63, 3.8) is 0 Å². The van der Waals surface area contributed by atoms with Gasteiger partial charge in [-0.2, -0.15) is 0 Å². The van der Waals surface area contributed by atoms with Crippen LogP contribution in [0.15, 0.2) is 0 Å². The molecule has 2 N–H and O–H groups in total. The molecule has 1 heterocycles. The van der Waals surface area contributed by atoms with E-state index in [0.717, 1.165) is 19.4 Å². The number of likely N-dealkylation sites (tertiary alicyclic amines) is 1. The third-order valence-corrected chi connectivity index (χ3v) is 3.05. The highest BCUT2D eigenvalue weighted by molar-refractivity contribution is 7.80. The summed E-state index contributed by atoms with van der Waals surface area (Å²) in [7, 11) is 0. The summed E-state index contributed by atoms with van der Waals surface area (Å²) in [5, 5.41) is 0. The molecule has 0 spiro atoms. The van der Waals surface area contributed by atoms with E-state index in [4.69, 9.17) is 22.7 Å². The van der Waals surface area contributed by atoms with E-state index in [-0.39, 0.29) is 24.5 Å². The van der Waals surface area contributed by atoms with Crippen LogP contribution in [0.3, 0.4) is 0 Å². The molecule has 1 fully saturated rings. The standard InChI is InChI=1S/C11H20N2O2S/c1-8(2)15-7-10(14)13-5-3-4-9(6-13)11(12)16/h8-9H,3-7H2,1-2H3,(H2,12,16). The van der Waals surface area contributed by atoms with Gasteiger partial charge in [0.1, 0.15) is 6.61 Å². The van der Waals surface area contributed by atoms with Gasteiger partial charge in [0.25, 0.3) is 0 Å². The lowest BCUT2D eigenvalue weighted by Crippen LogP contribution is -2.45. The Labute approximate surface area is 102 Å². The SMILES string of the molecule is CC(C)OCC(=O)N1CCCC(C(N)=S)C1. The minimum atomic E-state index is 0.0367. The van der Waals surface area contributed by atoms with Crippen LogP contribution in [-0.4, -0.2) is 41.6 Å². The Morgan fingerprint density at radius 1 is 1.62 bits per heavy atom. The first-order valence-electron chi connectivity index (χ1n) is 5.69. The van der Waals surface area contributed by atoms with Crippen LogP contribution in [0.1, 0.15) is 26.7 Å². The Morgan fingerprint density at radius 3 is 2.88 bits per heavy atom. The van der Waals surface area contributed by atoms with Gasteiger partial charge in [-0.3, -0.25) is 4.79 Å². The first kappa shape index (κ1) is 13.4. The summed E-state index contributed by atoms with van der Waals surface area (Å²) < 4.78 is 5.30. The molecule has 0 radical (unpaired) electrons. The molecule has 0 saturated carbocycles. The average Bonchev–Trinajstić information content (AvgIpc) is 2.26. The molecule has 0 aromatic heterocycles. The fraction of sp³-hybridized carbons (Fsp3) is 0.818. The van der Waals surface area contributed by atoms with Crippen molar-refractivity contribution in [3.8, 4) is 0 Å². The molecule has 1 aliphatic rings. The lowest BCUT2D eigenvalue weighted by atomic mass is 9.98. The fourth-order valence-corrected chi connectivity index (χ4v) is 1.96. The second kappa shape index (κ2) is 6.15. The number of nitrogens with two attached hydrogens (primary N) is 1. The predicted octanol–water partition coefficient (Wildman–Crippen LogP) is 0.936. The van der Waals surface area contributed by atoms with Gasteiger partial charge >= 0.3 is 0 Å². The number of amides is 1. The van der Waals surface area contributed by atoms with Crippen molar-refractivity contribution in [3.05, 3.63) is 0 Å². The van der Waals surface area contributed by atoms with E-state index in [1.165, 1.54) is 0 Å². The number of thiocarbonyl (C=S) groups is 1. The van der Waals surface area contributed by atoms with Gasteiger partial charge in [-0.05, 0) is 26.7 Å². The van der Waals surface area contributed by atoms with Crippen LogP contribution < -0.4 is 5.73 Å². The molecule has 16 heavy (non-hydrogen) atoms. The van der Waals surface area contributed by atoms with Crippen molar-refractivity contribution in [2.45, 2.75) is 32.8 Å². The van der Waals surface area contributed by atoms with Crippen LogP contribution in [0.4, 0.5) is 0 Å². The first-order chi connectivity index (χ1) is 7.50. The van der Waals surface area contributed by atoms with Crippen LogP contribution >= 0.6 is 12.2 Å². The second-order valence-corrected chi connectivity index (χ2v) is 4.91. The molecule has 1 saturated heterocycles. The van der Waals surface area contributed by atoms with Crippen LogP contribution in [-0.2, 0) is 9.53 Å². The van der Waals surface area contributed by atoms with Crippen molar-refractivity contribution in [1.29, 1.82) is 0 Å². The Hall–Kier alpha value is -0.680. The van der Waals surface area contributed by atoms with Crippen molar-refractivity contribution in [2.24, 2.45) is 11.7 Å². The summed E-state index contributed by atoms with van der Waals surface area (Å²) in [6.45, 7) is 5.43. The van der Waals surface area contributed by atoms with Gasteiger partial charge < -0.3 is 15.4 Å². The molecule has 0 aromatic carbocycles. The number of piperidine rings is 1. The van der Waals surface area contributed by atoms with Crippen molar-refractivity contribution < 1.29 is 9.53 Å². The molecule has 0 aliphatic carbocycles. The van der Waals surface area contributed by atoms with Crippen LogP contribution in [0, 0.1) is 5.92 Å². The maximum atomic E-state index is 11.8. The van der Waals surface area contributed by atoms with Crippen LogP contribution in [0.25, 0.3) is 0 Å². The molecule has 1 unspecified atom stereocenters. The van der Waals surface area contributed by atoms with Gasteiger partial charge in [0, 0.05) is 19.0 Å². The predicted molar refractivity (Wildman–Crippen MR) is 67.2 cm³/mol. The molecule has 1 amide bonds. The van der Waals surface area contributed by atoms with E-state index in [0.29, 0.717) is 11.5 Å². The summed E-state index contributed by atoms with van der Waals surface area (Å²) in [5.74, 6) is 0.210. The van der Waals surface area contributed by atoms with Gasteiger partial charge in [0.2, 0.25) is 5.91 Å². The molecule has 0 aromatic rings. The number of rotatable bonds is 4. The molecule has 92 valence electrons. The maximum Gasteiger partial charge on any atom is 0.248 e. The second-order valence-electron chi connectivity index (χ2n) is 4.44. The van der Waals surface area contributed by atoms with Crippen molar-refractivity contribution >= 4 is 23.1 Å². The number of hydrogen-bond donors (Lipinski definition) is 1. The van der Waals surface area contributed by atoms with Crippen LogP contribution in [0.5, 0.6) is 0 Å². The van der Waals surface area contributed by atoms with Gasteiger partial charge in [0.15, 0.2) is 0 Å². The summed E-state index contributed by atoms with van der Waals surface area (Å²) in [6, 6.07) is 0. The van der Waals surface area contributed by atoms with Gasteiger partial charge in [0.05, 0.1) is 11.1 Å². The van der Waals surface area contributed by atoms with E-state index < -0.39 is 0 Å². The zero-order valence-electron chi connectivity index (χ0n) is 9.94. The third-order valence-electron chi connectivity index (χ3n) is 2.72. The molecular weight excluding hydrogens is 224 g/mol. The largest absolute Gasteiger partial charge is 0.393 e. The first-order valence-corrected chi connectivity index (χ1v) is 6.10. The van der Waals surface area contributed by atoms with Gasteiger partial charge in [-0.15, -0.1) is 0 Å². The minimum Gasteiger partial charge on any atom is -0.393 e. The Morgan fingerprint density at radius 2 is 2.31 bits per heavy atom. The zero-order valence-corrected chi connectivity index (χ0v) is 10.8. The average molecular weight is 244 g/mol. The minimum absolute atomic E-state index is 0.0367. The lowest BCUT2D eigenvalue weighted by molar-refractivity contribution is -0.138. The highest BCUT2D eigenvalue weighted by Crippen LogP contribution is 2.16. The van der Waals surface area contributed by atoms with E-state index in [9.17, 15) is 4.79 Å². The van der Waals surface area contributed by atoms with Gasteiger partial charge in [-0.1, -0.05) is 12.2 Å². The number of carbonyl (C=O) groups excluding carboxylic acids is 1. The molecule has 1 aliphatic heterocycles. The van der Waals surface area contributed by atoms with E-state index in [1.807, 2.05) is 13.8 Å². The summed E-state index contributed by atoms with van der Waals surface area (Å²) >= 11 is 4.97. The lowest BCUT2D eigenvalue weighted by Gasteiger charge is -2.32. The molecule has 0 bridgehead atoms. The number of hydrogen-bond acceptors (Lipinski definition) is 3. The highest BCUT2D eigenvalue weighted by atomic mass is 32.1. The number of ether oxygens (including phenoxy) is 1. The quantitative estimate of drug-likeness (QED) is 0.748. The normalized spacial score (nSPS) is 21.2. The summed E-state index contributed by atoms with van der Waals surface area (Å²) in [5.41, 5.74) is 5.61. The number of nitrogens with zero attached hydrogens (tertiary/aromatic N) is 1. The Balaban J connectivity index is 2.41. The Bertz CT molecular complexity index is 269. The van der Waals surface area contributed by atoms with E-state index >= 15 is 0 Å². The van der Waals surface area contributed by atoms with E-state index in [2.05, 4.69) is 0 Å². The zero-order chi connectivity index (χ0) is 12.1. The highest BCUT2D eigenvalue weighted by Gasteiger charge is 2.25. The monoisotopic (exact) mass is 244 g/mol. The Kier molecular flexibility index (Phi) is 5.15. The summed E-state index contributed by atoms with van der Waals surface area (Å²) in [6.07, 6.45) is 2.04. The molecule has 5 heteroatoms.